The average molecular weight is 396 g/mol. The number of anilines is 2. The van der Waals surface area contributed by atoms with Gasteiger partial charge in [0.1, 0.15) is 5.69 Å². The van der Waals surface area contributed by atoms with Crippen molar-refractivity contribution in [1.29, 1.82) is 0 Å². The van der Waals surface area contributed by atoms with Crippen LogP contribution in [0.5, 0.6) is 11.5 Å². The summed E-state index contributed by atoms with van der Waals surface area (Å²) in [6, 6.07) is 9.97. The maximum Gasteiger partial charge on any atom is 0.283 e. The number of amides is 1. The Labute approximate surface area is 167 Å². The highest BCUT2D eigenvalue weighted by Crippen LogP contribution is 2.42. The van der Waals surface area contributed by atoms with Gasteiger partial charge in [0.15, 0.2) is 11.5 Å². The molecule has 29 heavy (non-hydrogen) atoms. The van der Waals surface area contributed by atoms with E-state index in [-0.39, 0.29) is 22.5 Å². The lowest BCUT2D eigenvalue weighted by Gasteiger charge is -2.14. The molecule has 3 aromatic rings. The van der Waals surface area contributed by atoms with Gasteiger partial charge in [0, 0.05) is 37.1 Å². The van der Waals surface area contributed by atoms with E-state index in [0.717, 1.165) is 5.69 Å². The fraction of sp³-hybridized carbons (Fsp3) is 0.200. The zero-order valence-electron chi connectivity index (χ0n) is 16.4. The van der Waals surface area contributed by atoms with Gasteiger partial charge in [-0.05, 0) is 30.3 Å². The van der Waals surface area contributed by atoms with Crippen LogP contribution in [0.3, 0.4) is 0 Å². The third-order valence-electron chi connectivity index (χ3n) is 4.42. The normalized spacial score (nSPS) is 10.5. The maximum absolute atomic E-state index is 12.9. The number of nitrogens with one attached hydrogen (secondary N) is 1. The minimum atomic E-state index is -0.575. The lowest BCUT2D eigenvalue weighted by Crippen LogP contribution is -2.15. The van der Waals surface area contributed by atoms with E-state index in [4.69, 9.17) is 9.47 Å². The van der Waals surface area contributed by atoms with Crippen molar-refractivity contribution >= 4 is 33.7 Å². The van der Waals surface area contributed by atoms with Crippen LogP contribution < -0.4 is 19.7 Å². The van der Waals surface area contributed by atoms with Crippen molar-refractivity contribution in [2.75, 3.05) is 38.5 Å². The van der Waals surface area contributed by atoms with E-state index in [1.54, 1.807) is 18.2 Å². The van der Waals surface area contributed by atoms with Gasteiger partial charge in [-0.1, -0.05) is 0 Å². The highest BCUT2D eigenvalue weighted by atomic mass is 16.6. The number of hydrogen-bond donors (Lipinski definition) is 1. The van der Waals surface area contributed by atoms with Crippen molar-refractivity contribution in [1.82, 2.24) is 4.98 Å². The standard InChI is InChI=1S/C20H20N4O5/c1-23(2)13-7-5-12(6-8-13)22-20(25)18-17-14(9-10-21-18)19(29-4)16(28-3)11-15(17)24(26)27/h5-11H,1-4H3,(H,22,25). The Hall–Kier alpha value is -3.88. The van der Waals surface area contributed by atoms with Crippen LogP contribution in [0.15, 0.2) is 42.6 Å². The third kappa shape index (κ3) is 3.75. The van der Waals surface area contributed by atoms with Gasteiger partial charge in [-0.2, -0.15) is 0 Å². The van der Waals surface area contributed by atoms with E-state index >= 15 is 0 Å². The summed E-state index contributed by atoms with van der Waals surface area (Å²) in [6.07, 6.45) is 1.40. The number of non-ortho nitro benzene ring substituents is 1. The number of methoxy groups -OCH3 is 2. The average Bonchev–Trinajstić information content (AvgIpc) is 2.72. The molecule has 0 spiro atoms. The molecular formula is C20H20N4O5. The Morgan fingerprint density at radius 3 is 2.38 bits per heavy atom. The molecule has 1 aromatic heterocycles. The summed E-state index contributed by atoms with van der Waals surface area (Å²) in [5.41, 5.74) is 1.15. The number of aromatic nitrogens is 1. The van der Waals surface area contributed by atoms with E-state index in [2.05, 4.69) is 10.3 Å². The Balaban J connectivity index is 2.11. The molecule has 0 aliphatic rings. The van der Waals surface area contributed by atoms with Crippen LogP contribution in [0.4, 0.5) is 17.1 Å². The summed E-state index contributed by atoms with van der Waals surface area (Å²) in [4.78, 5) is 30.0. The number of hydrogen-bond acceptors (Lipinski definition) is 7. The molecule has 1 heterocycles. The van der Waals surface area contributed by atoms with Gasteiger partial charge in [0.25, 0.3) is 11.6 Å². The number of carbonyl (C=O) groups is 1. The van der Waals surface area contributed by atoms with Crippen molar-refractivity contribution in [2.24, 2.45) is 0 Å². The summed E-state index contributed by atoms with van der Waals surface area (Å²) in [5.74, 6) is -0.0769. The fourth-order valence-electron chi connectivity index (χ4n) is 3.02. The van der Waals surface area contributed by atoms with Gasteiger partial charge < -0.3 is 19.7 Å². The van der Waals surface area contributed by atoms with Gasteiger partial charge in [-0.15, -0.1) is 0 Å². The molecule has 2 aromatic carbocycles. The van der Waals surface area contributed by atoms with Crippen molar-refractivity contribution in [3.63, 3.8) is 0 Å². The molecule has 0 aliphatic heterocycles. The molecule has 0 radical (unpaired) electrons. The monoisotopic (exact) mass is 396 g/mol. The smallest absolute Gasteiger partial charge is 0.283 e. The minimum Gasteiger partial charge on any atom is -0.493 e. The van der Waals surface area contributed by atoms with Crippen LogP contribution >= 0.6 is 0 Å². The molecule has 150 valence electrons. The third-order valence-corrected chi connectivity index (χ3v) is 4.42. The highest BCUT2D eigenvalue weighted by Gasteiger charge is 2.26. The van der Waals surface area contributed by atoms with Crippen LogP contribution in [0.2, 0.25) is 0 Å². The molecule has 1 N–H and O–H groups in total. The fourth-order valence-corrected chi connectivity index (χ4v) is 3.02. The van der Waals surface area contributed by atoms with Crippen LogP contribution in [-0.2, 0) is 0 Å². The van der Waals surface area contributed by atoms with Gasteiger partial charge in [0.2, 0.25) is 0 Å². The molecular weight excluding hydrogens is 376 g/mol. The zero-order valence-corrected chi connectivity index (χ0v) is 16.4. The first-order chi connectivity index (χ1) is 13.9. The first-order valence-electron chi connectivity index (χ1n) is 8.64. The SMILES string of the molecule is COc1cc([N+](=O)[O-])c2c(C(=O)Nc3ccc(N(C)C)cc3)nccc2c1OC. The van der Waals surface area contributed by atoms with Gasteiger partial charge in [-0.25, -0.2) is 0 Å². The van der Waals surface area contributed by atoms with Gasteiger partial charge in [0.05, 0.1) is 30.6 Å². The molecule has 3 rings (SSSR count). The number of pyridine rings is 1. The highest BCUT2D eigenvalue weighted by molar-refractivity contribution is 6.15. The molecule has 0 bridgehead atoms. The number of ether oxygens (including phenoxy) is 2. The largest absolute Gasteiger partial charge is 0.493 e. The number of nitrogens with zero attached hydrogens (tertiary/aromatic N) is 3. The van der Waals surface area contributed by atoms with Crippen LogP contribution in [0.25, 0.3) is 10.8 Å². The van der Waals surface area contributed by atoms with E-state index in [9.17, 15) is 14.9 Å². The second-order valence-electron chi connectivity index (χ2n) is 6.37. The van der Waals surface area contributed by atoms with Gasteiger partial charge >= 0.3 is 0 Å². The first-order valence-corrected chi connectivity index (χ1v) is 8.64. The molecule has 9 heteroatoms. The Kier molecular flexibility index (Phi) is 5.49. The lowest BCUT2D eigenvalue weighted by molar-refractivity contribution is -0.383. The van der Waals surface area contributed by atoms with E-state index in [1.165, 1.54) is 26.5 Å². The summed E-state index contributed by atoms with van der Waals surface area (Å²) in [6.45, 7) is 0. The molecule has 0 aliphatic carbocycles. The number of rotatable bonds is 6. The minimum absolute atomic E-state index is 0.0770. The van der Waals surface area contributed by atoms with E-state index in [0.29, 0.717) is 16.8 Å². The number of benzene rings is 2. The summed E-state index contributed by atoms with van der Waals surface area (Å²) >= 11 is 0. The van der Waals surface area contributed by atoms with Crippen molar-refractivity contribution in [2.45, 2.75) is 0 Å². The van der Waals surface area contributed by atoms with Crippen molar-refractivity contribution < 1.29 is 19.2 Å². The Morgan fingerprint density at radius 2 is 1.83 bits per heavy atom. The quantitative estimate of drug-likeness (QED) is 0.502. The van der Waals surface area contributed by atoms with E-state index < -0.39 is 10.8 Å². The molecule has 0 saturated carbocycles. The molecule has 0 fully saturated rings. The van der Waals surface area contributed by atoms with Crippen LogP contribution in [-0.4, -0.2) is 44.1 Å². The topological polar surface area (TPSA) is 107 Å². The number of nitro groups is 1. The molecule has 0 saturated heterocycles. The Morgan fingerprint density at radius 1 is 1.14 bits per heavy atom. The predicted octanol–water partition coefficient (Wildman–Crippen LogP) is 3.48. The summed E-state index contributed by atoms with van der Waals surface area (Å²) in [5, 5.41) is 14.8. The second kappa shape index (κ2) is 8.01. The maximum atomic E-state index is 12.9. The van der Waals surface area contributed by atoms with Gasteiger partial charge in [-0.3, -0.25) is 19.9 Å². The molecule has 1 amide bonds. The number of fused-ring (bicyclic) bond motifs is 1. The van der Waals surface area contributed by atoms with Crippen LogP contribution in [0.1, 0.15) is 10.5 Å². The van der Waals surface area contributed by atoms with Crippen molar-refractivity contribution in [3.8, 4) is 11.5 Å². The number of carbonyl (C=O) groups excluding carboxylic acids is 1. The molecule has 0 atom stereocenters. The first kappa shape index (κ1) is 19.9. The van der Waals surface area contributed by atoms with Crippen LogP contribution in [0, 0.1) is 10.1 Å². The summed E-state index contributed by atoms with van der Waals surface area (Å²) in [7, 11) is 6.64. The van der Waals surface area contributed by atoms with Crippen molar-refractivity contribution in [3.05, 3.63) is 58.4 Å². The summed E-state index contributed by atoms with van der Waals surface area (Å²) < 4.78 is 10.6. The predicted molar refractivity (Wildman–Crippen MR) is 110 cm³/mol. The molecule has 9 nitrogen and oxygen atoms in total. The van der Waals surface area contributed by atoms with E-state index in [1.807, 2.05) is 31.1 Å². The lowest BCUT2D eigenvalue weighted by atomic mass is 10.1. The number of nitro benzene ring substituents is 1. The second-order valence-corrected chi connectivity index (χ2v) is 6.37. The zero-order chi connectivity index (χ0) is 21.1. The Bertz CT molecular complexity index is 1080. The molecule has 0 unspecified atom stereocenters.